The summed E-state index contributed by atoms with van der Waals surface area (Å²) in [5, 5.41) is 9.94. The van der Waals surface area contributed by atoms with Crippen molar-refractivity contribution in [1.29, 1.82) is 0 Å². The van der Waals surface area contributed by atoms with Crippen molar-refractivity contribution in [2.75, 3.05) is 11.9 Å². The van der Waals surface area contributed by atoms with E-state index in [2.05, 4.69) is 15.5 Å². The van der Waals surface area contributed by atoms with Gasteiger partial charge in [0.15, 0.2) is 12.4 Å². The van der Waals surface area contributed by atoms with Crippen LogP contribution in [0.5, 0.6) is 5.75 Å². The molecule has 1 heterocycles. The summed E-state index contributed by atoms with van der Waals surface area (Å²) in [5.74, 6) is 0.944. The minimum absolute atomic E-state index is 0.0668. The average molecular weight is 335 g/mol. The van der Waals surface area contributed by atoms with E-state index in [9.17, 15) is 4.79 Å². The van der Waals surface area contributed by atoms with Gasteiger partial charge in [-0.25, -0.2) is 0 Å². The molecule has 2 N–H and O–H groups in total. The first-order valence-electron chi connectivity index (χ1n) is 8.15. The van der Waals surface area contributed by atoms with Crippen molar-refractivity contribution in [2.45, 2.75) is 20.8 Å². The minimum Gasteiger partial charge on any atom is -0.484 e. The molecule has 0 atom stereocenters. The van der Waals surface area contributed by atoms with Crippen molar-refractivity contribution < 1.29 is 9.53 Å². The highest BCUT2D eigenvalue weighted by molar-refractivity contribution is 5.95. The van der Waals surface area contributed by atoms with Gasteiger partial charge in [-0.05, 0) is 49.6 Å². The highest BCUT2D eigenvalue weighted by atomic mass is 16.5. The van der Waals surface area contributed by atoms with Crippen LogP contribution in [0.1, 0.15) is 16.8 Å². The number of amides is 1. The van der Waals surface area contributed by atoms with Crippen molar-refractivity contribution in [3.8, 4) is 16.9 Å². The molecular weight excluding hydrogens is 314 g/mol. The number of carbonyl (C=O) groups excluding carboxylic acids is 1. The molecule has 1 aromatic heterocycles. The molecule has 2 aromatic carbocycles. The lowest BCUT2D eigenvalue weighted by atomic mass is 10.1. The van der Waals surface area contributed by atoms with Gasteiger partial charge in [0.05, 0.1) is 0 Å². The van der Waals surface area contributed by atoms with Gasteiger partial charge in [-0.15, -0.1) is 0 Å². The maximum absolute atomic E-state index is 12.2. The van der Waals surface area contributed by atoms with Crippen molar-refractivity contribution in [3.05, 3.63) is 65.4 Å². The fourth-order valence-corrected chi connectivity index (χ4v) is 2.60. The summed E-state index contributed by atoms with van der Waals surface area (Å²) in [6.45, 7) is 5.91. The predicted molar refractivity (Wildman–Crippen MR) is 98.8 cm³/mol. The van der Waals surface area contributed by atoms with Gasteiger partial charge in [-0.3, -0.25) is 9.89 Å². The second kappa shape index (κ2) is 7.21. The number of aryl methyl sites for hydroxylation is 3. The topological polar surface area (TPSA) is 67.0 Å². The lowest BCUT2D eigenvalue weighted by molar-refractivity contribution is -0.118. The Morgan fingerprint density at radius 3 is 2.56 bits per heavy atom. The number of aromatic nitrogens is 2. The van der Waals surface area contributed by atoms with E-state index in [1.54, 1.807) is 0 Å². The van der Waals surface area contributed by atoms with Gasteiger partial charge in [0.2, 0.25) is 0 Å². The first-order chi connectivity index (χ1) is 12.0. The van der Waals surface area contributed by atoms with Crippen LogP contribution in [0.4, 0.5) is 5.82 Å². The quantitative estimate of drug-likeness (QED) is 0.740. The van der Waals surface area contributed by atoms with E-state index in [1.165, 1.54) is 5.56 Å². The summed E-state index contributed by atoms with van der Waals surface area (Å²) in [6.07, 6.45) is 0. The molecule has 0 aliphatic heterocycles. The fourth-order valence-electron chi connectivity index (χ4n) is 2.60. The van der Waals surface area contributed by atoms with Crippen molar-refractivity contribution in [3.63, 3.8) is 0 Å². The van der Waals surface area contributed by atoms with E-state index in [-0.39, 0.29) is 12.5 Å². The largest absolute Gasteiger partial charge is 0.484 e. The SMILES string of the molecule is Cc1ccc(OCC(=O)Nc2n[nH]c(C)c2-c2ccccc2)cc1C. The summed E-state index contributed by atoms with van der Waals surface area (Å²) >= 11 is 0. The van der Waals surface area contributed by atoms with E-state index in [1.807, 2.05) is 69.3 Å². The van der Waals surface area contributed by atoms with E-state index in [4.69, 9.17) is 4.74 Å². The Labute approximate surface area is 147 Å². The Balaban J connectivity index is 1.68. The highest BCUT2D eigenvalue weighted by Crippen LogP contribution is 2.29. The Morgan fingerprint density at radius 2 is 1.84 bits per heavy atom. The van der Waals surface area contributed by atoms with Gasteiger partial charge in [0.25, 0.3) is 5.91 Å². The molecule has 0 aliphatic carbocycles. The van der Waals surface area contributed by atoms with Crippen LogP contribution in [0.2, 0.25) is 0 Å². The predicted octanol–water partition coefficient (Wildman–Crippen LogP) is 4.02. The normalized spacial score (nSPS) is 10.5. The van der Waals surface area contributed by atoms with Crippen LogP contribution in [0.3, 0.4) is 0 Å². The molecule has 0 fully saturated rings. The Morgan fingerprint density at radius 1 is 1.08 bits per heavy atom. The molecule has 0 radical (unpaired) electrons. The molecule has 3 aromatic rings. The fraction of sp³-hybridized carbons (Fsp3) is 0.200. The number of hydrogen-bond donors (Lipinski definition) is 2. The average Bonchev–Trinajstić information content (AvgIpc) is 2.97. The molecular formula is C20H21N3O2. The maximum Gasteiger partial charge on any atom is 0.263 e. The van der Waals surface area contributed by atoms with E-state index in [0.717, 1.165) is 22.4 Å². The Hall–Kier alpha value is -3.08. The molecule has 0 saturated heterocycles. The molecule has 128 valence electrons. The number of rotatable bonds is 5. The molecule has 0 aliphatic rings. The lowest BCUT2D eigenvalue weighted by Gasteiger charge is -2.09. The molecule has 0 saturated carbocycles. The zero-order chi connectivity index (χ0) is 17.8. The van der Waals surface area contributed by atoms with Crippen LogP contribution < -0.4 is 10.1 Å². The van der Waals surface area contributed by atoms with Crippen LogP contribution in [-0.2, 0) is 4.79 Å². The standard InChI is InChI=1S/C20H21N3O2/c1-13-9-10-17(11-14(13)2)25-12-18(24)21-20-19(15(3)22-23-20)16-7-5-4-6-8-16/h4-11H,12H2,1-3H3,(H2,21,22,23,24). The van der Waals surface area contributed by atoms with E-state index in [0.29, 0.717) is 11.6 Å². The van der Waals surface area contributed by atoms with Gasteiger partial charge < -0.3 is 10.1 Å². The van der Waals surface area contributed by atoms with Gasteiger partial charge >= 0.3 is 0 Å². The van der Waals surface area contributed by atoms with Crippen molar-refractivity contribution >= 4 is 11.7 Å². The number of nitrogens with zero attached hydrogens (tertiary/aromatic N) is 1. The number of anilines is 1. The molecule has 0 spiro atoms. The molecule has 1 amide bonds. The zero-order valence-corrected chi connectivity index (χ0v) is 14.6. The Bertz CT molecular complexity index is 885. The van der Waals surface area contributed by atoms with Gasteiger partial charge in [-0.2, -0.15) is 5.10 Å². The number of aromatic amines is 1. The summed E-state index contributed by atoms with van der Waals surface area (Å²) < 4.78 is 5.58. The third-order valence-electron chi connectivity index (χ3n) is 4.12. The first kappa shape index (κ1) is 16.8. The van der Waals surface area contributed by atoms with E-state index >= 15 is 0 Å². The van der Waals surface area contributed by atoms with Gasteiger partial charge in [0, 0.05) is 11.3 Å². The Kier molecular flexibility index (Phi) is 4.84. The zero-order valence-electron chi connectivity index (χ0n) is 14.6. The summed E-state index contributed by atoms with van der Waals surface area (Å²) in [7, 11) is 0. The smallest absolute Gasteiger partial charge is 0.263 e. The maximum atomic E-state index is 12.2. The molecule has 5 nitrogen and oxygen atoms in total. The lowest BCUT2D eigenvalue weighted by Crippen LogP contribution is -2.20. The monoisotopic (exact) mass is 335 g/mol. The second-order valence-corrected chi connectivity index (χ2v) is 6.02. The molecule has 5 heteroatoms. The number of H-pyrrole nitrogens is 1. The molecule has 0 unspecified atom stereocenters. The summed E-state index contributed by atoms with van der Waals surface area (Å²) in [5.41, 5.74) is 5.11. The third-order valence-corrected chi connectivity index (χ3v) is 4.12. The number of carbonyl (C=O) groups is 1. The van der Waals surface area contributed by atoms with Crippen LogP contribution in [-0.4, -0.2) is 22.7 Å². The number of benzene rings is 2. The van der Waals surface area contributed by atoms with Crippen molar-refractivity contribution in [2.24, 2.45) is 0 Å². The second-order valence-electron chi connectivity index (χ2n) is 6.02. The van der Waals surface area contributed by atoms with Crippen LogP contribution in [0, 0.1) is 20.8 Å². The minimum atomic E-state index is -0.248. The number of nitrogens with one attached hydrogen (secondary N) is 2. The van der Waals surface area contributed by atoms with Gasteiger partial charge in [0.1, 0.15) is 5.75 Å². The summed E-state index contributed by atoms with van der Waals surface area (Å²) in [6, 6.07) is 15.6. The van der Waals surface area contributed by atoms with Crippen LogP contribution in [0.15, 0.2) is 48.5 Å². The number of ether oxygens (including phenoxy) is 1. The third kappa shape index (κ3) is 3.88. The van der Waals surface area contributed by atoms with Crippen LogP contribution >= 0.6 is 0 Å². The van der Waals surface area contributed by atoms with Crippen molar-refractivity contribution in [1.82, 2.24) is 10.2 Å². The summed E-state index contributed by atoms with van der Waals surface area (Å²) in [4.78, 5) is 12.2. The highest BCUT2D eigenvalue weighted by Gasteiger charge is 2.15. The molecule has 0 bridgehead atoms. The van der Waals surface area contributed by atoms with Crippen LogP contribution in [0.25, 0.3) is 11.1 Å². The first-order valence-corrected chi connectivity index (χ1v) is 8.15. The van der Waals surface area contributed by atoms with E-state index < -0.39 is 0 Å². The molecule has 3 rings (SSSR count). The number of hydrogen-bond acceptors (Lipinski definition) is 3. The van der Waals surface area contributed by atoms with Gasteiger partial charge in [-0.1, -0.05) is 36.4 Å². The molecule has 25 heavy (non-hydrogen) atoms.